The Morgan fingerprint density at radius 2 is 1.56 bits per heavy atom. The number of nitrogens with zero attached hydrogens (tertiary/aromatic N) is 2. The number of amides is 2. The van der Waals surface area contributed by atoms with E-state index in [1.54, 1.807) is 48.5 Å². The minimum Gasteiger partial charge on any atom is -0.489 e. The molecular formula is C50H38Cl2N4O6. The maximum atomic E-state index is 14.2. The van der Waals surface area contributed by atoms with Crippen molar-refractivity contribution in [2.75, 3.05) is 11.9 Å². The topological polar surface area (TPSA) is 141 Å². The van der Waals surface area contributed by atoms with Crippen molar-refractivity contribution in [3.63, 3.8) is 0 Å². The van der Waals surface area contributed by atoms with Crippen LogP contribution in [0.5, 0.6) is 11.5 Å². The maximum absolute atomic E-state index is 14.2. The second-order valence-corrected chi connectivity index (χ2v) is 15.8. The maximum Gasteiger partial charge on any atom is 0.326 e. The minimum atomic E-state index is -1.20. The average molecular weight is 862 g/mol. The van der Waals surface area contributed by atoms with Crippen molar-refractivity contribution in [3.8, 4) is 40.5 Å². The first-order valence-corrected chi connectivity index (χ1v) is 20.6. The summed E-state index contributed by atoms with van der Waals surface area (Å²) in [4.78, 5) is 42.1. The quantitative estimate of drug-likeness (QED) is 0.110. The molecule has 6 aromatic rings. The van der Waals surface area contributed by atoms with Gasteiger partial charge in [0.15, 0.2) is 0 Å². The zero-order chi connectivity index (χ0) is 43.2. The van der Waals surface area contributed by atoms with Crippen molar-refractivity contribution in [2.24, 2.45) is 0 Å². The van der Waals surface area contributed by atoms with Gasteiger partial charge in [0.05, 0.1) is 40.0 Å². The number of hydrogen-bond donors (Lipinski definition) is 3. The van der Waals surface area contributed by atoms with Gasteiger partial charge in [0, 0.05) is 24.1 Å². The van der Waals surface area contributed by atoms with E-state index in [9.17, 15) is 19.5 Å². The van der Waals surface area contributed by atoms with Crippen LogP contribution < -0.4 is 20.1 Å². The second kappa shape index (κ2) is 18.7. The fourth-order valence-electron chi connectivity index (χ4n) is 7.46. The van der Waals surface area contributed by atoms with E-state index < -0.39 is 30.1 Å². The number of halogens is 2. The van der Waals surface area contributed by atoms with E-state index in [-0.39, 0.29) is 31.9 Å². The number of anilines is 1. The average Bonchev–Trinajstić information content (AvgIpc) is 3.29. The molecule has 0 spiro atoms. The summed E-state index contributed by atoms with van der Waals surface area (Å²) >= 11 is 12.2. The molecule has 12 heteroatoms. The Morgan fingerprint density at radius 1 is 0.855 bits per heavy atom. The predicted molar refractivity (Wildman–Crippen MR) is 237 cm³/mol. The zero-order valence-corrected chi connectivity index (χ0v) is 34.6. The van der Waals surface area contributed by atoms with E-state index in [2.05, 4.69) is 28.5 Å². The molecule has 2 unspecified atom stereocenters. The Hall–Kier alpha value is -7.08. The third-order valence-electron chi connectivity index (χ3n) is 10.8. The van der Waals surface area contributed by atoms with Crippen LogP contribution in [-0.4, -0.2) is 46.4 Å². The summed E-state index contributed by atoms with van der Waals surface area (Å²) in [6.45, 7) is 0.841. The summed E-state index contributed by atoms with van der Waals surface area (Å²) < 4.78 is 12.3. The standard InChI is InChI=1S/C50H38Cl2N4O6/c51-41-21-12-34(23-42(41)52)30-61-40-19-17-37(18-20-40)47-49(58)54-43-25-38-26-45(56(29-39(38)27-46(43)62-47)22-4-7-31-5-2-1-3-6-31)48(57)55-44(50(59)60)24-32-8-13-35(14-9-32)36-15-10-33(28-53)11-16-36/h1-3,5-6,8-21,23,25,27,44-45,47H,22,24,26,29-30H2,(H,54,58)(H,55,57)(H,59,60)/t44-,45?,47?/m0/s1. The fourth-order valence-corrected chi connectivity index (χ4v) is 7.78. The summed E-state index contributed by atoms with van der Waals surface area (Å²) in [6, 6.07) is 40.5. The zero-order valence-electron chi connectivity index (χ0n) is 33.1. The third kappa shape index (κ3) is 9.76. The first kappa shape index (κ1) is 41.6. The van der Waals surface area contributed by atoms with Gasteiger partial charge in [-0.1, -0.05) is 108 Å². The molecule has 2 amide bonds. The summed E-state index contributed by atoms with van der Waals surface area (Å²) in [7, 11) is 0. The lowest BCUT2D eigenvalue weighted by Gasteiger charge is -2.36. The Bertz CT molecular complexity index is 2750. The molecule has 0 radical (unpaired) electrons. The third-order valence-corrected chi connectivity index (χ3v) is 11.5. The van der Waals surface area contributed by atoms with Crippen LogP contribution in [0, 0.1) is 23.2 Å². The molecule has 0 bridgehead atoms. The monoisotopic (exact) mass is 860 g/mol. The number of rotatable bonds is 11. The molecule has 0 aromatic heterocycles. The van der Waals surface area contributed by atoms with E-state index in [1.807, 2.05) is 89.8 Å². The van der Waals surface area contributed by atoms with E-state index in [0.717, 1.165) is 38.9 Å². The molecule has 0 saturated carbocycles. The lowest BCUT2D eigenvalue weighted by molar-refractivity contribution is -0.142. The Morgan fingerprint density at radius 3 is 2.26 bits per heavy atom. The van der Waals surface area contributed by atoms with Crippen LogP contribution in [0.4, 0.5) is 5.69 Å². The number of benzene rings is 6. The lowest BCUT2D eigenvalue weighted by Crippen LogP contribution is -2.54. The number of carboxylic acids is 1. The normalized spacial score (nSPS) is 15.9. The van der Waals surface area contributed by atoms with Gasteiger partial charge in [0.25, 0.3) is 5.91 Å². The van der Waals surface area contributed by atoms with E-state index in [0.29, 0.717) is 44.9 Å². The Labute approximate surface area is 368 Å². The SMILES string of the molecule is N#Cc1ccc(-c2ccc(C[C@H](NC(=O)C3Cc4cc5c(cc4CN3CC#Cc3ccccc3)OC(c3ccc(OCc4ccc(Cl)c(Cl)c4)cc3)C(=O)N5)C(=O)O)cc2)cc1. The minimum absolute atomic E-state index is 0.0678. The van der Waals surface area contributed by atoms with Gasteiger partial charge >= 0.3 is 5.97 Å². The summed E-state index contributed by atoms with van der Waals surface area (Å²) in [6.07, 6.45) is -0.603. The molecule has 62 heavy (non-hydrogen) atoms. The summed E-state index contributed by atoms with van der Waals surface area (Å²) in [5, 5.41) is 26.1. The van der Waals surface area contributed by atoms with Gasteiger partial charge in [-0.3, -0.25) is 14.5 Å². The highest BCUT2D eigenvalue weighted by atomic mass is 35.5. The van der Waals surface area contributed by atoms with Crippen LogP contribution in [-0.2, 0) is 40.4 Å². The number of nitriles is 1. The molecule has 0 fully saturated rings. The van der Waals surface area contributed by atoms with E-state index in [4.69, 9.17) is 37.9 Å². The van der Waals surface area contributed by atoms with Crippen LogP contribution in [0.25, 0.3) is 11.1 Å². The van der Waals surface area contributed by atoms with Crippen molar-refractivity contribution in [2.45, 2.75) is 44.2 Å². The number of fused-ring (bicyclic) bond motifs is 2. The molecule has 2 heterocycles. The number of nitrogens with one attached hydrogen (secondary N) is 2. The van der Waals surface area contributed by atoms with Crippen LogP contribution in [0.15, 0.2) is 133 Å². The van der Waals surface area contributed by atoms with Crippen molar-refractivity contribution < 1.29 is 29.0 Å². The molecule has 2 aliphatic heterocycles. The molecule has 3 atom stereocenters. The van der Waals surface area contributed by atoms with Crippen LogP contribution in [0.2, 0.25) is 10.0 Å². The highest BCUT2D eigenvalue weighted by Gasteiger charge is 2.36. The van der Waals surface area contributed by atoms with Crippen LogP contribution >= 0.6 is 23.2 Å². The molecule has 0 saturated heterocycles. The van der Waals surface area contributed by atoms with Crippen LogP contribution in [0.3, 0.4) is 0 Å². The number of ether oxygens (including phenoxy) is 2. The first-order chi connectivity index (χ1) is 30.1. The highest BCUT2D eigenvalue weighted by molar-refractivity contribution is 6.42. The van der Waals surface area contributed by atoms with E-state index in [1.165, 1.54) is 0 Å². The highest BCUT2D eigenvalue weighted by Crippen LogP contribution is 2.40. The Balaban J connectivity index is 0.980. The second-order valence-electron chi connectivity index (χ2n) is 15.0. The molecular weight excluding hydrogens is 823 g/mol. The van der Waals surface area contributed by atoms with Crippen molar-refractivity contribution >= 4 is 46.7 Å². The van der Waals surface area contributed by atoms with Gasteiger partial charge in [-0.15, -0.1) is 0 Å². The number of aliphatic carboxylic acids is 1. The number of carbonyl (C=O) groups is 3. The number of carboxylic acid groups (broad SMARTS) is 1. The molecule has 8 rings (SSSR count). The lowest BCUT2D eigenvalue weighted by atomic mass is 9.91. The molecule has 2 aliphatic rings. The molecule has 6 aromatic carbocycles. The van der Waals surface area contributed by atoms with Crippen molar-refractivity contribution in [3.05, 3.63) is 182 Å². The van der Waals surface area contributed by atoms with Gasteiger partial charge in [-0.25, -0.2) is 4.79 Å². The van der Waals surface area contributed by atoms with Gasteiger partial charge < -0.3 is 25.2 Å². The summed E-state index contributed by atoms with van der Waals surface area (Å²) in [5.41, 5.74) is 7.67. The molecule has 0 aliphatic carbocycles. The van der Waals surface area contributed by atoms with Gasteiger partial charge in [0.1, 0.15) is 24.1 Å². The predicted octanol–water partition coefficient (Wildman–Crippen LogP) is 8.77. The molecule has 308 valence electrons. The van der Waals surface area contributed by atoms with Crippen molar-refractivity contribution in [1.82, 2.24) is 10.2 Å². The smallest absolute Gasteiger partial charge is 0.326 e. The van der Waals surface area contributed by atoms with Crippen LogP contribution in [0.1, 0.15) is 45.0 Å². The fraction of sp³-hybridized carbons (Fsp3) is 0.160. The number of hydrogen-bond acceptors (Lipinski definition) is 7. The molecule has 10 nitrogen and oxygen atoms in total. The number of carbonyl (C=O) groups excluding carboxylic acids is 2. The van der Waals surface area contributed by atoms with Gasteiger partial charge in [-0.05, 0) is 100 Å². The summed E-state index contributed by atoms with van der Waals surface area (Å²) in [5.74, 6) is 5.52. The first-order valence-electron chi connectivity index (χ1n) is 19.8. The largest absolute Gasteiger partial charge is 0.489 e. The molecule has 3 N–H and O–H groups in total. The van der Waals surface area contributed by atoms with Gasteiger partial charge in [0.2, 0.25) is 12.0 Å². The Kier molecular flexibility index (Phi) is 12.5. The van der Waals surface area contributed by atoms with E-state index >= 15 is 0 Å². The van der Waals surface area contributed by atoms with Gasteiger partial charge in [-0.2, -0.15) is 5.26 Å². The van der Waals surface area contributed by atoms with Crippen molar-refractivity contribution in [1.29, 1.82) is 5.26 Å².